The lowest BCUT2D eigenvalue weighted by atomic mass is 10.2. The molecule has 25 heavy (non-hydrogen) atoms. The fraction of sp³-hybridized carbons (Fsp3) is 0.167. The second-order valence-corrected chi connectivity index (χ2v) is 5.79. The Kier molecular flexibility index (Phi) is 4.72. The predicted octanol–water partition coefficient (Wildman–Crippen LogP) is 3.59. The van der Waals surface area contributed by atoms with Crippen molar-refractivity contribution in [1.82, 2.24) is 9.38 Å². The highest BCUT2D eigenvalue weighted by Crippen LogP contribution is 2.19. The van der Waals surface area contributed by atoms with Crippen LogP contribution in [0.5, 0.6) is 0 Å². The van der Waals surface area contributed by atoms with E-state index < -0.39 is 5.97 Å². The first-order chi connectivity index (χ1) is 12.0. The van der Waals surface area contributed by atoms with E-state index in [2.05, 4.69) is 15.0 Å². The van der Waals surface area contributed by atoms with E-state index in [1.165, 1.54) is 7.11 Å². The molecule has 1 aromatic carbocycles. The number of hydrogen-bond acceptors (Lipinski definition) is 4. The number of esters is 1. The fourth-order valence-corrected chi connectivity index (χ4v) is 2.71. The lowest BCUT2D eigenvalue weighted by molar-refractivity contribution is 0.0600. The third-order valence-electron chi connectivity index (χ3n) is 3.77. The van der Waals surface area contributed by atoms with Gasteiger partial charge in [0.2, 0.25) is 0 Å². The van der Waals surface area contributed by atoms with Crippen LogP contribution in [0.15, 0.2) is 42.6 Å². The molecule has 0 aliphatic carbocycles. The molecule has 0 fully saturated rings. The number of pyridine rings is 1. The Hall–Kier alpha value is -2.86. The summed E-state index contributed by atoms with van der Waals surface area (Å²) in [6.45, 7) is 1.94. The molecular weight excluding hydrogens is 342 g/mol. The molecule has 7 heteroatoms. The van der Waals surface area contributed by atoms with E-state index in [1.54, 1.807) is 47.0 Å². The molecule has 0 unspecified atom stereocenters. The molecule has 0 atom stereocenters. The molecule has 3 aromatic rings. The maximum atomic E-state index is 12.7. The Labute approximate surface area is 149 Å². The van der Waals surface area contributed by atoms with E-state index in [0.29, 0.717) is 39.7 Å². The van der Waals surface area contributed by atoms with Crippen LogP contribution in [0.1, 0.15) is 33.5 Å². The van der Waals surface area contributed by atoms with E-state index in [0.717, 1.165) is 0 Å². The van der Waals surface area contributed by atoms with Crippen LogP contribution in [-0.2, 0) is 11.2 Å². The van der Waals surface area contributed by atoms with Gasteiger partial charge in [-0.3, -0.25) is 9.20 Å². The number of hydrogen-bond donors (Lipinski definition) is 1. The number of aromatic nitrogens is 2. The summed E-state index contributed by atoms with van der Waals surface area (Å²) >= 11 is 5.99. The van der Waals surface area contributed by atoms with Crippen LogP contribution < -0.4 is 5.32 Å². The normalized spacial score (nSPS) is 10.7. The zero-order valence-corrected chi connectivity index (χ0v) is 14.5. The van der Waals surface area contributed by atoms with Crippen LogP contribution in [0.2, 0.25) is 5.02 Å². The first-order valence-electron chi connectivity index (χ1n) is 7.69. The van der Waals surface area contributed by atoms with Gasteiger partial charge in [0.25, 0.3) is 5.91 Å². The van der Waals surface area contributed by atoms with Crippen LogP contribution in [0, 0.1) is 0 Å². The van der Waals surface area contributed by atoms with Gasteiger partial charge in [-0.25, -0.2) is 9.78 Å². The fourth-order valence-electron chi connectivity index (χ4n) is 2.55. The van der Waals surface area contributed by atoms with Crippen molar-refractivity contribution in [3.05, 3.63) is 64.6 Å². The molecule has 2 heterocycles. The molecule has 3 rings (SSSR count). The molecular formula is C18H16ClN3O3. The average molecular weight is 358 g/mol. The number of ether oxygens (including phenoxy) is 1. The minimum absolute atomic E-state index is 0.280. The maximum Gasteiger partial charge on any atom is 0.337 e. The van der Waals surface area contributed by atoms with Crippen molar-refractivity contribution in [3.63, 3.8) is 0 Å². The summed E-state index contributed by atoms with van der Waals surface area (Å²) in [7, 11) is 1.32. The number of carbonyl (C=O) groups excluding carboxylic acids is 2. The monoisotopic (exact) mass is 357 g/mol. The number of halogens is 1. The molecule has 1 N–H and O–H groups in total. The number of fused-ring (bicyclic) bond motifs is 1. The molecule has 1 amide bonds. The summed E-state index contributed by atoms with van der Waals surface area (Å²) in [4.78, 5) is 28.7. The Morgan fingerprint density at radius 3 is 2.60 bits per heavy atom. The highest BCUT2D eigenvalue weighted by Gasteiger charge is 2.18. The number of nitrogens with zero attached hydrogens (tertiary/aromatic N) is 2. The summed E-state index contributed by atoms with van der Waals surface area (Å²) in [6, 6.07) is 9.90. The highest BCUT2D eigenvalue weighted by molar-refractivity contribution is 6.30. The van der Waals surface area contributed by atoms with E-state index in [4.69, 9.17) is 11.6 Å². The molecule has 0 saturated heterocycles. The van der Waals surface area contributed by atoms with Gasteiger partial charge in [-0.15, -0.1) is 0 Å². The Morgan fingerprint density at radius 1 is 1.24 bits per heavy atom. The van der Waals surface area contributed by atoms with Crippen molar-refractivity contribution in [2.75, 3.05) is 12.4 Å². The van der Waals surface area contributed by atoms with E-state index in [1.807, 2.05) is 6.92 Å². The van der Waals surface area contributed by atoms with Crippen LogP contribution >= 0.6 is 11.6 Å². The number of benzene rings is 1. The molecule has 128 valence electrons. The van der Waals surface area contributed by atoms with Gasteiger partial charge in [-0.2, -0.15) is 0 Å². The third-order valence-corrected chi connectivity index (χ3v) is 4.01. The van der Waals surface area contributed by atoms with Gasteiger partial charge >= 0.3 is 5.97 Å². The second-order valence-electron chi connectivity index (χ2n) is 5.36. The minimum atomic E-state index is -0.426. The van der Waals surface area contributed by atoms with Gasteiger partial charge in [0.1, 0.15) is 11.3 Å². The van der Waals surface area contributed by atoms with Gasteiger partial charge in [-0.05, 0) is 36.8 Å². The lowest BCUT2D eigenvalue weighted by Crippen LogP contribution is -2.16. The minimum Gasteiger partial charge on any atom is -0.465 e. The van der Waals surface area contributed by atoms with Crippen molar-refractivity contribution in [1.29, 1.82) is 0 Å². The number of rotatable bonds is 4. The predicted molar refractivity (Wildman–Crippen MR) is 95.3 cm³/mol. The highest BCUT2D eigenvalue weighted by atomic mass is 35.5. The molecule has 0 aliphatic rings. The summed E-state index contributed by atoms with van der Waals surface area (Å²) in [5.74, 6) is -0.706. The summed E-state index contributed by atoms with van der Waals surface area (Å²) in [6.07, 6.45) is 2.34. The SMILES string of the molecule is CCc1nc2cc(Cl)ccn2c1C(=O)Nc1ccc(C(=O)OC)cc1. The molecule has 0 radical (unpaired) electrons. The van der Waals surface area contributed by atoms with Crippen molar-refractivity contribution in [3.8, 4) is 0 Å². The Bertz CT molecular complexity index is 948. The molecule has 0 saturated carbocycles. The first kappa shape index (κ1) is 17.0. The number of amides is 1. The van der Waals surface area contributed by atoms with E-state index >= 15 is 0 Å². The molecule has 0 aliphatic heterocycles. The summed E-state index contributed by atoms with van der Waals surface area (Å²) < 4.78 is 6.37. The molecule has 0 spiro atoms. The molecule has 2 aromatic heterocycles. The van der Waals surface area contributed by atoms with Crippen LogP contribution in [0.25, 0.3) is 5.65 Å². The van der Waals surface area contributed by atoms with Gasteiger partial charge in [-0.1, -0.05) is 18.5 Å². The number of methoxy groups -OCH3 is 1. The average Bonchev–Trinajstić information content (AvgIpc) is 2.99. The number of aryl methyl sites for hydroxylation is 1. The first-order valence-corrected chi connectivity index (χ1v) is 8.07. The largest absolute Gasteiger partial charge is 0.465 e. The summed E-state index contributed by atoms with van der Waals surface area (Å²) in [5, 5.41) is 3.39. The van der Waals surface area contributed by atoms with Gasteiger partial charge in [0.05, 0.1) is 18.4 Å². The number of imidazole rings is 1. The van der Waals surface area contributed by atoms with Gasteiger partial charge in [0.15, 0.2) is 0 Å². The quantitative estimate of drug-likeness (QED) is 0.724. The van der Waals surface area contributed by atoms with Crippen LogP contribution in [0.4, 0.5) is 5.69 Å². The van der Waals surface area contributed by atoms with E-state index in [-0.39, 0.29) is 5.91 Å². The molecule has 6 nitrogen and oxygen atoms in total. The van der Waals surface area contributed by atoms with E-state index in [9.17, 15) is 9.59 Å². The maximum absolute atomic E-state index is 12.7. The van der Waals surface area contributed by atoms with Crippen molar-refractivity contribution < 1.29 is 14.3 Å². The second kappa shape index (κ2) is 6.94. The van der Waals surface area contributed by atoms with Crippen LogP contribution in [0.3, 0.4) is 0 Å². The van der Waals surface area contributed by atoms with Crippen molar-refractivity contribution >= 4 is 34.8 Å². The van der Waals surface area contributed by atoms with Gasteiger partial charge < -0.3 is 10.1 Å². The topological polar surface area (TPSA) is 72.7 Å². The lowest BCUT2D eigenvalue weighted by Gasteiger charge is -2.07. The number of anilines is 1. The number of carbonyl (C=O) groups is 2. The molecule has 0 bridgehead atoms. The zero-order chi connectivity index (χ0) is 18.0. The Morgan fingerprint density at radius 2 is 1.96 bits per heavy atom. The number of nitrogens with one attached hydrogen (secondary N) is 1. The smallest absolute Gasteiger partial charge is 0.337 e. The van der Waals surface area contributed by atoms with Crippen molar-refractivity contribution in [2.24, 2.45) is 0 Å². The summed E-state index contributed by atoms with van der Waals surface area (Å²) in [5.41, 5.74) is 2.76. The van der Waals surface area contributed by atoms with Crippen molar-refractivity contribution in [2.45, 2.75) is 13.3 Å². The van der Waals surface area contributed by atoms with Gasteiger partial charge in [0, 0.05) is 23.0 Å². The zero-order valence-electron chi connectivity index (χ0n) is 13.7. The standard InChI is InChI=1S/C18H16ClN3O3/c1-3-14-16(22-9-8-12(19)10-15(22)21-14)17(23)20-13-6-4-11(5-7-13)18(24)25-2/h4-10H,3H2,1-2H3,(H,20,23). The Balaban J connectivity index is 1.91. The van der Waals surface area contributed by atoms with Crippen LogP contribution in [-0.4, -0.2) is 28.4 Å². The third kappa shape index (κ3) is 3.34.